The Morgan fingerprint density at radius 1 is 1.55 bits per heavy atom. The molecule has 0 rings (SSSR count). The van der Waals surface area contributed by atoms with Crippen molar-refractivity contribution in [2.75, 3.05) is 19.9 Å². The Morgan fingerprint density at radius 2 is 2.18 bits per heavy atom. The van der Waals surface area contributed by atoms with Crippen molar-refractivity contribution in [1.82, 2.24) is 4.90 Å². The third-order valence-electron chi connectivity index (χ3n) is 1.29. The first-order chi connectivity index (χ1) is 5.22. The SMILES string of the molecule is CCCOCN(CC)C(N)=O. The second kappa shape index (κ2) is 5.97. The van der Waals surface area contributed by atoms with E-state index < -0.39 is 6.03 Å². The third-order valence-corrected chi connectivity index (χ3v) is 1.29. The highest BCUT2D eigenvalue weighted by molar-refractivity contribution is 5.71. The Hall–Kier alpha value is -0.770. The molecule has 0 aliphatic carbocycles. The van der Waals surface area contributed by atoms with Gasteiger partial charge in [-0.1, -0.05) is 6.92 Å². The van der Waals surface area contributed by atoms with Crippen LogP contribution in [0.2, 0.25) is 0 Å². The van der Waals surface area contributed by atoms with Crippen LogP contribution in [0.3, 0.4) is 0 Å². The van der Waals surface area contributed by atoms with Crippen molar-refractivity contribution in [2.24, 2.45) is 5.73 Å². The van der Waals surface area contributed by atoms with Crippen molar-refractivity contribution < 1.29 is 9.53 Å². The standard InChI is InChI=1S/C7H16N2O2/c1-3-5-11-6-9(4-2)7(8)10/h3-6H2,1-2H3,(H2,8,10). The van der Waals surface area contributed by atoms with Gasteiger partial charge in [-0.15, -0.1) is 0 Å². The van der Waals surface area contributed by atoms with Crippen LogP contribution < -0.4 is 5.73 Å². The molecular weight excluding hydrogens is 144 g/mol. The predicted octanol–water partition coefficient (Wildman–Crippen LogP) is 0.771. The van der Waals surface area contributed by atoms with Crippen LogP contribution in [-0.2, 0) is 4.74 Å². The van der Waals surface area contributed by atoms with Gasteiger partial charge < -0.3 is 15.4 Å². The van der Waals surface area contributed by atoms with E-state index in [1.165, 1.54) is 4.90 Å². The van der Waals surface area contributed by atoms with Gasteiger partial charge >= 0.3 is 6.03 Å². The largest absolute Gasteiger partial charge is 0.361 e. The fraction of sp³-hybridized carbons (Fsp3) is 0.857. The van der Waals surface area contributed by atoms with Gasteiger partial charge in [-0.3, -0.25) is 0 Å². The van der Waals surface area contributed by atoms with Gasteiger partial charge in [0.1, 0.15) is 6.73 Å². The number of hydrogen-bond donors (Lipinski definition) is 1. The van der Waals surface area contributed by atoms with Gasteiger partial charge in [0.05, 0.1) is 0 Å². The number of carbonyl (C=O) groups is 1. The number of urea groups is 1. The second-order valence-electron chi connectivity index (χ2n) is 2.23. The Bertz CT molecular complexity index is 117. The predicted molar refractivity (Wildman–Crippen MR) is 43.1 cm³/mol. The van der Waals surface area contributed by atoms with Crippen LogP contribution >= 0.6 is 0 Å². The monoisotopic (exact) mass is 160 g/mol. The summed E-state index contributed by atoms with van der Waals surface area (Å²) in [6.07, 6.45) is 0.955. The van der Waals surface area contributed by atoms with Crippen molar-refractivity contribution in [1.29, 1.82) is 0 Å². The number of nitrogens with two attached hydrogens (primary N) is 1. The average Bonchev–Trinajstić information content (AvgIpc) is 1.97. The minimum Gasteiger partial charge on any atom is -0.361 e. The molecule has 66 valence electrons. The summed E-state index contributed by atoms with van der Waals surface area (Å²) in [7, 11) is 0. The third kappa shape index (κ3) is 4.61. The summed E-state index contributed by atoms with van der Waals surface area (Å²) in [4.78, 5) is 12.0. The molecule has 0 bridgehead atoms. The molecule has 2 N–H and O–H groups in total. The molecule has 0 aromatic rings. The zero-order chi connectivity index (χ0) is 8.69. The normalized spacial score (nSPS) is 9.64. The van der Waals surface area contributed by atoms with Crippen LogP contribution in [0.5, 0.6) is 0 Å². The first kappa shape index (κ1) is 10.2. The molecule has 0 atom stereocenters. The van der Waals surface area contributed by atoms with E-state index in [9.17, 15) is 4.79 Å². The number of amides is 2. The minimum absolute atomic E-state index is 0.305. The average molecular weight is 160 g/mol. The lowest BCUT2D eigenvalue weighted by atomic mass is 10.5. The summed E-state index contributed by atoms with van der Waals surface area (Å²) < 4.78 is 5.12. The maximum Gasteiger partial charge on any atom is 0.316 e. The lowest BCUT2D eigenvalue weighted by Crippen LogP contribution is -2.37. The van der Waals surface area contributed by atoms with Crippen LogP contribution in [0.15, 0.2) is 0 Å². The summed E-state index contributed by atoms with van der Waals surface area (Å²) in [6.45, 7) is 5.45. The van der Waals surface area contributed by atoms with E-state index in [0.717, 1.165) is 6.42 Å². The van der Waals surface area contributed by atoms with E-state index in [2.05, 4.69) is 0 Å². The van der Waals surface area contributed by atoms with E-state index in [-0.39, 0.29) is 0 Å². The van der Waals surface area contributed by atoms with Crippen molar-refractivity contribution >= 4 is 6.03 Å². The molecule has 0 aliphatic heterocycles. The van der Waals surface area contributed by atoms with E-state index in [4.69, 9.17) is 10.5 Å². The van der Waals surface area contributed by atoms with Crippen LogP contribution in [-0.4, -0.2) is 30.8 Å². The van der Waals surface area contributed by atoms with Crippen molar-refractivity contribution in [3.63, 3.8) is 0 Å². The van der Waals surface area contributed by atoms with Gasteiger partial charge in [-0.25, -0.2) is 4.79 Å². The molecule has 11 heavy (non-hydrogen) atoms. The van der Waals surface area contributed by atoms with Gasteiger partial charge in [0, 0.05) is 13.2 Å². The first-order valence-electron chi connectivity index (χ1n) is 3.84. The highest BCUT2D eigenvalue weighted by Gasteiger charge is 2.04. The Labute approximate surface area is 67.3 Å². The molecule has 0 radical (unpaired) electrons. The number of primary amides is 1. The van der Waals surface area contributed by atoms with Gasteiger partial charge in [0.15, 0.2) is 0 Å². The maximum atomic E-state index is 10.6. The minimum atomic E-state index is -0.427. The molecule has 2 amide bonds. The number of rotatable bonds is 5. The van der Waals surface area contributed by atoms with Gasteiger partial charge in [0.2, 0.25) is 0 Å². The molecule has 0 saturated heterocycles. The van der Waals surface area contributed by atoms with Crippen LogP contribution in [0, 0.1) is 0 Å². The van der Waals surface area contributed by atoms with E-state index in [1.54, 1.807) is 0 Å². The zero-order valence-electron chi connectivity index (χ0n) is 7.17. The lowest BCUT2D eigenvalue weighted by Gasteiger charge is -2.17. The lowest BCUT2D eigenvalue weighted by molar-refractivity contribution is 0.0528. The molecular formula is C7H16N2O2. The summed E-state index contributed by atoms with van der Waals surface area (Å²) >= 11 is 0. The van der Waals surface area contributed by atoms with Gasteiger partial charge in [-0.05, 0) is 13.3 Å². The molecule has 0 saturated carbocycles. The number of hydrogen-bond acceptors (Lipinski definition) is 2. The molecule has 0 unspecified atom stereocenters. The molecule has 0 heterocycles. The fourth-order valence-electron chi connectivity index (χ4n) is 0.630. The van der Waals surface area contributed by atoms with Crippen LogP contribution in [0.4, 0.5) is 4.79 Å². The molecule has 0 aromatic heterocycles. The Morgan fingerprint density at radius 3 is 2.55 bits per heavy atom. The first-order valence-corrected chi connectivity index (χ1v) is 3.84. The number of ether oxygens (including phenoxy) is 1. The number of carbonyl (C=O) groups excluding carboxylic acids is 1. The summed E-state index contributed by atoms with van der Waals surface area (Å²) in [5, 5.41) is 0. The molecule has 0 fully saturated rings. The van der Waals surface area contributed by atoms with Crippen LogP contribution in [0.25, 0.3) is 0 Å². The highest BCUT2D eigenvalue weighted by atomic mass is 16.5. The van der Waals surface area contributed by atoms with Gasteiger partial charge in [-0.2, -0.15) is 0 Å². The second-order valence-corrected chi connectivity index (χ2v) is 2.23. The zero-order valence-corrected chi connectivity index (χ0v) is 7.17. The van der Waals surface area contributed by atoms with Gasteiger partial charge in [0.25, 0.3) is 0 Å². The Kier molecular flexibility index (Phi) is 5.56. The molecule has 0 aliphatic rings. The highest BCUT2D eigenvalue weighted by Crippen LogP contribution is 1.88. The summed E-state index contributed by atoms with van der Waals surface area (Å²) in [6, 6.07) is -0.427. The van der Waals surface area contributed by atoms with Crippen LogP contribution in [0.1, 0.15) is 20.3 Å². The summed E-state index contributed by atoms with van der Waals surface area (Å²) in [5.41, 5.74) is 5.04. The van der Waals surface area contributed by atoms with E-state index in [0.29, 0.717) is 19.9 Å². The molecule has 0 aromatic carbocycles. The molecule has 4 heteroatoms. The van der Waals surface area contributed by atoms with Crippen molar-refractivity contribution in [3.05, 3.63) is 0 Å². The van der Waals surface area contributed by atoms with E-state index in [1.807, 2.05) is 13.8 Å². The van der Waals surface area contributed by atoms with E-state index >= 15 is 0 Å². The molecule has 0 spiro atoms. The molecule has 4 nitrogen and oxygen atoms in total. The Balaban J connectivity index is 3.44. The fourth-order valence-corrected chi connectivity index (χ4v) is 0.630. The quantitative estimate of drug-likeness (QED) is 0.477. The topological polar surface area (TPSA) is 55.6 Å². The van der Waals surface area contributed by atoms with Crippen molar-refractivity contribution in [3.8, 4) is 0 Å². The number of nitrogens with zero attached hydrogens (tertiary/aromatic N) is 1. The summed E-state index contributed by atoms with van der Waals surface area (Å²) in [5.74, 6) is 0. The maximum absolute atomic E-state index is 10.6. The van der Waals surface area contributed by atoms with Crippen molar-refractivity contribution in [2.45, 2.75) is 20.3 Å². The smallest absolute Gasteiger partial charge is 0.316 e.